The van der Waals surface area contributed by atoms with Crippen LogP contribution in [-0.4, -0.2) is 23.9 Å². The normalized spacial score (nSPS) is 12.2. The molecule has 0 heterocycles. The summed E-state index contributed by atoms with van der Waals surface area (Å²) in [4.78, 5) is 22.8. The van der Waals surface area contributed by atoms with Crippen LogP contribution in [0.4, 0.5) is 0 Å². The summed E-state index contributed by atoms with van der Waals surface area (Å²) in [7, 11) is 0. The second-order valence-corrected chi connectivity index (χ2v) is 6.27. The van der Waals surface area contributed by atoms with Crippen molar-refractivity contribution in [3.63, 3.8) is 0 Å². The molecule has 2 aromatic carbocycles. The Balaban J connectivity index is 0.000000265. The number of nitrogens with two attached hydrogens (primary N) is 1. The zero-order valence-electron chi connectivity index (χ0n) is 15.6. The molecule has 0 saturated carbocycles. The molecule has 138 valence electrons. The maximum absolute atomic E-state index is 11.8. The molecule has 0 aliphatic carbocycles. The summed E-state index contributed by atoms with van der Waals surface area (Å²) in [6.45, 7) is 8.81. The van der Waals surface area contributed by atoms with Gasteiger partial charge in [-0.25, -0.2) is 4.79 Å². The van der Waals surface area contributed by atoms with Crippen molar-refractivity contribution in [2.75, 3.05) is 0 Å². The van der Waals surface area contributed by atoms with E-state index in [0.717, 1.165) is 11.1 Å². The van der Waals surface area contributed by atoms with E-state index in [0.29, 0.717) is 12.0 Å². The number of carbonyl (C=O) groups is 2. The predicted octanol–water partition coefficient (Wildman–Crippen LogP) is 4.15. The lowest BCUT2D eigenvalue weighted by Gasteiger charge is -2.14. The Morgan fingerprint density at radius 1 is 0.962 bits per heavy atom. The highest BCUT2D eigenvalue weighted by Crippen LogP contribution is 2.08. The first kappa shape index (κ1) is 21.3. The smallest absolute Gasteiger partial charge is 0.333 e. The molecule has 0 fully saturated rings. The summed E-state index contributed by atoms with van der Waals surface area (Å²) in [6, 6.07) is 18.7. The van der Waals surface area contributed by atoms with Crippen molar-refractivity contribution in [3.8, 4) is 0 Å². The highest BCUT2D eigenvalue weighted by Gasteiger charge is 2.11. The Morgan fingerprint density at radius 3 is 1.73 bits per heavy atom. The van der Waals surface area contributed by atoms with Crippen LogP contribution in [0.15, 0.2) is 72.8 Å². The van der Waals surface area contributed by atoms with Crippen LogP contribution in [-0.2, 0) is 9.53 Å². The van der Waals surface area contributed by atoms with E-state index in [4.69, 9.17) is 10.5 Å². The zero-order valence-corrected chi connectivity index (χ0v) is 15.6. The first-order chi connectivity index (χ1) is 12.3. The number of carbonyl (C=O) groups excluding carboxylic acids is 2. The molecule has 0 spiro atoms. The van der Waals surface area contributed by atoms with Crippen molar-refractivity contribution in [1.82, 2.24) is 0 Å². The van der Waals surface area contributed by atoms with Gasteiger partial charge in [0.2, 0.25) is 0 Å². The first-order valence-corrected chi connectivity index (χ1v) is 8.58. The second-order valence-electron chi connectivity index (χ2n) is 6.27. The van der Waals surface area contributed by atoms with Crippen LogP contribution in [0.1, 0.15) is 43.1 Å². The predicted molar refractivity (Wildman–Crippen MR) is 105 cm³/mol. The monoisotopic (exact) mass is 353 g/mol. The molecule has 4 heteroatoms. The van der Waals surface area contributed by atoms with Gasteiger partial charge in [-0.05, 0) is 27.2 Å². The van der Waals surface area contributed by atoms with Crippen LogP contribution in [0.5, 0.6) is 0 Å². The van der Waals surface area contributed by atoms with E-state index >= 15 is 0 Å². The molecule has 0 aliphatic heterocycles. The van der Waals surface area contributed by atoms with Gasteiger partial charge in [-0.2, -0.15) is 0 Å². The fourth-order valence-electron chi connectivity index (χ4n) is 2.20. The molecule has 2 aromatic rings. The van der Waals surface area contributed by atoms with Crippen LogP contribution >= 0.6 is 0 Å². The van der Waals surface area contributed by atoms with Gasteiger partial charge in [0.1, 0.15) is 6.10 Å². The van der Waals surface area contributed by atoms with Crippen LogP contribution in [0.2, 0.25) is 0 Å². The van der Waals surface area contributed by atoms with Crippen LogP contribution in [0, 0.1) is 0 Å². The van der Waals surface area contributed by atoms with E-state index in [1.165, 1.54) is 0 Å². The lowest BCUT2D eigenvalue weighted by Crippen LogP contribution is -2.25. The minimum atomic E-state index is -0.344. The van der Waals surface area contributed by atoms with Gasteiger partial charge in [-0.1, -0.05) is 67.2 Å². The molecular formula is C22H27NO3. The SMILES string of the molecule is C=C(C)C(=O)OC(C)CC(C)N.O=C(c1ccccc1)c1ccccc1. The quantitative estimate of drug-likeness (QED) is 0.481. The van der Waals surface area contributed by atoms with Crippen molar-refractivity contribution in [1.29, 1.82) is 0 Å². The molecule has 4 nitrogen and oxygen atoms in total. The van der Waals surface area contributed by atoms with Gasteiger partial charge < -0.3 is 10.5 Å². The van der Waals surface area contributed by atoms with E-state index in [2.05, 4.69) is 6.58 Å². The molecule has 2 unspecified atom stereocenters. The van der Waals surface area contributed by atoms with Gasteiger partial charge in [0.25, 0.3) is 0 Å². The van der Waals surface area contributed by atoms with E-state index in [1.54, 1.807) is 6.92 Å². The zero-order chi connectivity index (χ0) is 19.5. The molecule has 0 bridgehead atoms. The fourth-order valence-corrected chi connectivity index (χ4v) is 2.20. The summed E-state index contributed by atoms with van der Waals surface area (Å²) in [5.41, 5.74) is 7.42. The van der Waals surface area contributed by atoms with E-state index < -0.39 is 0 Å². The summed E-state index contributed by atoms with van der Waals surface area (Å²) in [6.07, 6.45) is 0.549. The molecule has 2 N–H and O–H groups in total. The largest absolute Gasteiger partial charge is 0.459 e. The van der Waals surface area contributed by atoms with Gasteiger partial charge in [0.05, 0.1) is 0 Å². The number of hydrogen-bond donors (Lipinski definition) is 1. The number of benzene rings is 2. The topological polar surface area (TPSA) is 69.4 Å². The number of esters is 1. The highest BCUT2D eigenvalue weighted by molar-refractivity contribution is 6.08. The fraction of sp³-hybridized carbons (Fsp3) is 0.273. The summed E-state index contributed by atoms with van der Waals surface area (Å²) in [5.74, 6) is -0.269. The van der Waals surface area contributed by atoms with Crippen molar-refractivity contribution in [2.24, 2.45) is 5.73 Å². The second kappa shape index (κ2) is 11.0. The highest BCUT2D eigenvalue weighted by atomic mass is 16.5. The van der Waals surface area contributed by atoms with Gasteiger partial charge in [-0.3, -0.25) is 4.79 Å². The molecule has 26 heavy (non-hydrogen) atoms. The van der Waals surface area contributed by atoms with Crippen molar-refractivity contribution in [2.45, 2.75) is 39.3 Å². The summed E-state index contributed by atoms with van der Waals surface area (Å²) in [5, 5.41) is 0. The van der Waals surface area contributed by atoms with Gasteiger partial charge in [0.15, 0.2) is 5.78 Å². The van der Waals surface area contributed by atoms with Crippen LogP contribution in [0.3, 0.4) is 0 Å². The molecule has 0 aliphatic rings. The van der Waals surface area contributed by atoms with Crippen molar-refractivity contribution in [3.05, 3.63) is 83.9 Å². The number of ketones is 1. The third kappa shape index (κ3) is 7.90. The van der Waals surface area contributed by atoms with Gasteiger partial charge in [-0.15, -0.1) is 0 Å². The van der Waals surface area contributed by atoms with Gasteiger partial charge >= 0.3 is 5.97 Å². The van der Waals surface area contributed by atoms with E-state index in [-0.39, 0.29) is 23.9 Å². The summed E-state index contributed by atoms with van der Waals surface area (Å²) < 4.78 is 5.00. The molecule has 2 rings (SSSR count). The third-order valence-electron chi connectivity index (χ3n) is 3.43. The van der Waals surface area contributed by atoms with E-state index in [9.17, 15) is 9.59 Å². The molecule has 0 aromatic heterocycles. The Hall–Kier alpha value is -2.72. The minimum absolute atomic E-state index is 0.0536. The van der Waals surface area contributed by atoms with E-state index in [1.807, 2.05) is 74.5 Å². The Labute approximate surface area is 155 Å². The third-order valence-corrected chi connectivity index (χ3v) is 3.43. The molecule has 2 atom stereocenters. The van der Waals surface area contributed by atoms with Gasteiger partial charge in [0, 0.05) is 22.7 Å². The van der Waals surface area contributed by atoms with Crippen molar-refractivity contribution >= 4 is 11.8 Å². The lowest BCUT2D eigenvalue weighted by molar-refractivity contribution is -0.143. The molecule has 0 radical (unpaired) electrons. The molecule has 0 amide bonds. The van der Waals surface area contributed by atoms with Crippen LogP contribution < -0.4 is 5.73 Å². The lowest BCUT2D eigenvalue weighted by atomic mass is 10.0. The molecule has 0 saturated heterocycles. The average molecular weight is 353 g/mol. The maximum atomic E-state index is 11.8. The molecular weight excluding hydrogens is 326 g/mol. The number of ether oxygens (including phenoxy) is 1. The standard InChI is InChI=1S/C13H10O.C9H17NO2/c14-13(11-7-3-1-4-8-11)12-9-5-2-6-10-12;1-6(2)9(11)12-8(4)5-7(3)10/h1-10H;7-8H,1,5,10H2,2-4H3. The van der Waals surface area contributed by atoms with Crippen molar-refractivity contribution < 1.29 is 14.3 Å². The maximum Gasteiger partial charge on any atom is 0.333 e. The summed E-state index contributed by atoms with van der Waals surface area (Å²) >= 11 is 0. The Kier molecular flexibility index (Phi) is 9.02. The minimum Gasteiger partial charge on any atom is -0.459 e. The Morgan fingerprint density at radius 2 is 1.38 bits per heavy atom. The first-order valence-electron chi connectivity index (χ1n) is 8.58. The Bertz CT molecular complexity index is 667. The average Bonchev–Trinajstić information content (AvgIpc) is 2.62. The van der Waals surface area contributed by atoms with Crippen LogP contribution in [0.25, 0.3) is 0 Å². The number of hydrogen-bond acceptors (Lipinski definition) is 4. The number of rotatable bonds is 6.